The Kier molecular flexibility index (Phi) is 12.5. The Morgan fingerprint density at radius 3 is 2.65 bits per heavy atom. The summed E-state index contributed by atoms with van der Waals surface area (Å²) in [4.78, 5) is 9.32. The van der Waals surface area contributed by atoms with Crippen LogP contribution in [0.1, 0.15) is 24.5 Å². The summed E-state index contributed by atoms with van der Waals surface area (Å²) in [7, 11) is 2.15. The van der Waals surface area contributed by atoms with Crippen molar-refractivity contribution in [1.82, 2.24) is 20.4 Å². The lowest BCUT2D eigenvalue weighted by molar-refractivity contribution is -0.153. The molecule has 0 aromatic heterocycles. The second kappa shape index (κ2) is 14.0. The molecule has 2 rings (SSSR count). The Morgan fingerprint density at radius 2 is 1.94 bits per heavy atom. The summed E-state index contributed by atoms with van der Waals surface area (Å²) in [6.07, 6.45) is -3.21. The van der Waals surface area contributed by atoms with Gasteiger partial charge in [0.25, 0.3) is 0 Å². The first-order valence-electron chi connectivity index (χ1n) is 10.5. The van der Waals surface area contributed by atoms with Gasteiger partial charge in [-0.3, -0.25) is 0 Å². The van der Waals surface area contributed by atoms with Crippen molar-refractivity contribution in [3.05, 3.63) is 29.3 Å². The predicted octanol–water partition coefficient (Wildman–Crippen LogP) is 3.25. The third kappa shape index (κ3) is 11.2. The Morgan fingerprint density at radius 1 is 1.16 bits per heavy atom. The van der Waals surface area contributed by atoms with Gasteiger partial charge in [-0.2, -0.15) is 13.2 Å². The third-order valence-electron chi connectivity index (χ3n) is 4.90. The van der Waals surface area contributed by atoms with Crippen molar-refractivity contribution >= 4 is 29.9 Å². The highest BCUT2D eigenvalue weighted by molar-refractivity contribution is 14.0. The van der Waals surface area contributed by atoms with Gasteiger partial charge in [-0.15, -0.1) is 24.0 Å². The molecule has 1 aromatic rings. The molecule has 0 amide bonds. The highest BCUT2D eigenvalue weighted by Crippen LogP contribution is 2.24. The SMILES string of the molecule is CCNC(=NCc1ccc(C)cc1OCC(F)(F)F)NCCN1CCCN(C)CC1.I. The van der Waals surface area contributed by atoms with E-state index in [0.29, 0.717) is 18.1 Å². The minimum Gasteiger partial charge on any atom is -0.484 e. The molecular formula is C21H35F3IN5O. The molecule has 0 saturated carbocycles. The first-order valence-corrected chi connectivity index (χ1v) is 10.5. The van der Waals surface area contributed by atoms with Crippen LogP contribution in [0.15, 0.2) is 23.2 Å². The molecular weight excluding hydrogens is 522 g/mol. The van der Waals surface area contributed by atoms with E-state index in [1.54, 1.807) is 12.1 Å². The van der Waals surface area contributed by atoms with Gasteiger partial charge in [0.2, 0.25) is 0 Å². The van der Waals surface area contributed by atoms with E-state index in [4.69, 9.17) is 4.74 Å². The number of aryl methyl sites for hydroxylation is 1. The van der Waals surface area contributed by atoms with E-state index in [-0.39, 0.29) is 36.3 Å². The number of aliphatic imine (C=N–C) groups is 1. The van der Waals surface area contributed by atoms with Crippen LogP contribution in [0.2, 0.25) is 0 Å². The average Bonchev–Trinajstić information content (AvgIpc) is 2.89. The fraction of sp³-hybridized carbons (Fsp3) is 0.667. The van der Waals surface area contributed by atoms with Gasteiger partial charge in [0.05, 0.1) is 6.54 Å². The van der Waals surface area contributed by atoms with Gasteiger partial charge in [0.15, 0.2) is 12.6 Å². The van der Waals surface area contributed by atoms with E-state index in [0.717, 1.165) is 44.8 Å². The molecule has 178 valence electrons. The van der Waals surface area contributed by atoms with Gasteiger partial charge in [0, 0.05) is 38.3 Å². The van der Waals surface area contributed by atoms with Gasteiger partial charge in [-0.25, -0.2) is 4.99 Å². The van der Waals surface area contributed by atoms with Crippen LogP contribution < -0.4 is 15.4 Å². The molecule has 0 radical (unpaired) electrons. The molecule has 31 heavy (non-hydrogen) atoms. The quantitative estimate of drug-likeness (QED) is 0.292. The summed E-state index contributed by atoms with van der Waals surface area (Å²) in [5, 5.41) is 6.51. The minimum atomic E-state index is -4.37. The Balaban J connectivity index is 0.00000480. The lowest BCUT2D eigenvalue weighted by atomic mass is 10.1. The zero-order chi connectivity index (χ0) is 22.0. The number of benzene rings is 1. The van der Waals surface area contributed by atoms with Crippen molar-refractivity contribution in [2.24, 2.45) is 4.99 Å². The number of ether oxygens (including phenoxy) is 1. The predicted molar refractivity (Wildman–Crippen MR) is 130 cm³/mol. The standard InChI is InChI=1S/C21H34F3N5O.HI/c1-4-25-20(26-8-11-29-10-5-9-28(3)12-13-29)27-15-18-7-6-17(2)14-19(18)30-16-21(22,23)24;/h6-7,14H,4-5,8-13,15-16H2,1-3H3,(H2,25,26,27);1H. The molecule has 2 N–H and O–H groups in total. The number of halogens is 4. The fourth-order valence-corrected chi connectivity index (χ4v) is 3.25. The highest BCUT2D eigenvalue weighted by atomic mass is 127. The van der Waals surface area contributed by atoms with E-state index >= 15 is 0 Å². The zero-order valence-corrected chi connectivity index (χ0v) is 20.9. The van der Waals surface area contributed by atoms with Crippen LogP contribution >= 0.6 is 24.0 Å². The van der Waals surface area contributed by atoms with Crippen LogP contribution in [0.4, 0.5) is 13.2 Å². The Hall–Kier alpha value is -1.27. The number of nitrogens with zero attached hydrogens (tertiary/aromatic N) is 3. The maximum absolute atomic E-state index is 12.5. The van der Waals surface area contributed by atoms with E-state index in [2.05, 4.69) is 32.5 Å². The maximum Gasteiger partial charge on any atom is 0.422 e. The number of guanidine groups is 1. The van der Waals surface area contributed by atoms with Gasteiger partial charge < -0.3 is 25.2 Å². The fourth-order valence-electron chi connectivity index (χ4n) is 3.25. The molecule has 1 heterocycles. The van der Waals surface area contributed by atoms with Gasteiger partial charge in [-0.1, -0.05) is 12.1 Å². The summed E-state index contributed by atoms with van der Waals surface area (Å²) < 4.78 is 42.7. The Labute approximate surface area is 200 Å². The summed E-state index contributed by atoms with van der Waals surface area (Å²) in [6.45, 7) is 9.43. The van der Waals surface area contributed by atoms with E-state index < -0.39 is 12.8 Å². The summed E-state index contributed by atoms with van der Waals surface area (Å²) in [6, 6.07) is 5.23. The summed E-state index contributed by atoms with van der Waals surface area (Å²) >= 11 is 0. The molecule has 1 aliphatic rings. The van der Waals surface area contributed by atoms with Crippen LogP contribution in [-0.4, -0.2) is 81.4 Å². The molecule has 1 fully saturated rings. The highest BCUT2D eigenvalue weighted by Gasteiger charge is 2.28. The minimum absolute atomic E-state index is 0. The second-order valence-corrected chi connectivity index (χ2v) is 7.64. The first kappa shape index (κ1) is 27.8. The number of likely N-dealkylation sites (N-methyl/N-ethyl adjacent to an activating group) is 1. The van der Waals surface area contributed by atoms with Gasteiger partial charge >= 0.3 is 6.18 Å². The molecule has 1 saturated heterocycles. The van der Waals surface area contributed by atoms with Crippen LogP contribution in [0.3, 0.4) is 0 Å². The van der Waals surface area contributed by atoms with Crippen molar-refractivity contribution in [2.45, 2.75) is 33.0 Å². The number of rotatable bonds is 8. The molecule has 1 aromatic carbocycles. The lowest BCUT2D eigenvalue weighted by Gasteiger charge is -2.21. The van der Waals surface area contributed by atoms with Gasteiger partial charge in [0.1, 0.15) is 5.75 Å². The molecule has 0 spiro atoms. The number of hydrogen-bond donors (Lipinski definition) is 2. The van der Waals surface area contributed by atoms with Crippen LogP contribution in [0.25, 0.3) is 0 Å². The average molecular weight is 557 g/mol. The number of nitrogens with one attached hydrogen (secondary N) is 2. The first-order chi connectivity index (χ1) is 14.3. The molecule has 6 nitrogen and oxygen atoms in total. The lowest BCUT2D eigenvalue weighted by Crippen LogP contribution is -2.42. The monoisotopic (exact) mass is 557 g/mol. The second-order valence-electron chi connectivity index (χ2n) is 7.64. The summed E-state index contributed by atoms with van der Waals surface area (Å²) in [5.74, 6) is 0.868. The molecule has 0 bridgehead atoms. The smallest absolute Gasteiger partial charge is 0.422 e. The van der Waals surface area contributed by atoms with Crippen molar-refractivity contribution < 1.29 is 17.9 Å². The normalized spacial score (nSPS) is 16.4. The molecule has 0 atom stereocenters. The largest absolute Gasteiger partial charge is 0.484 e. The van der Waals surface area contributed by atoms with Crippen LogP contribution in [0.5, 0.6) is 5.75 Å². The zero-order valence-electron chi connectivity index (χ0n) is 18.6. The molecule has 1 aliphatic heterocycles. The van der Waals surface area contributed by atoms with Crippen molar-refractivity contribution in [3.63, 3.8) is 0 Å². The third-order valence-corrected chi connectivity index (χ3v) is 4.90. The van der Waals surface area contributed by atoms with Crippen LogP contribution in [0, 0.1) is 6.92 Å². The topological polar surface area (TPSA) is 52.1 Å². The number of hydrogen-bond acceptors (Lipinski definition) is 4. The number of alkyl halides is 3. The maximum atomic E-state index is 12.5. The van der Waals surface area contributed by atoms with Crippen molar-refractivity contribution in [1.29, 1.82) is 0 Å². The van der Waals surface area contributed by atoms with Crippen molar-refractivity contribution in [3.8, 4) is 5.75 Å². The van der Waals surface area contributed by atoms with E-state index in [1.165, 1.54) is 6.42 Å². The van der Waals surface area contributed by atoms with E-state index in [9.17, 15) is 13.2 Å². The van der Waals surface area contributed by atoms with Gasteiger partial charge in [-0.05, 0) is 52.0 Å². The van der Waals surface area contributed by atoms with Crippen LogP contribution in [-0.2, 0) is 6.54 Å². The molecule has 0 unspecified atom stereocenters. The van der Waals surface area contributed by atoms with Crippen molar-refractivity contribution in [2.75, 3.05) is 59.5 Å². The molecule has 0 aliphatic carbocycles. The van der Waals surface area contributed by atoms with E-state index in [1.807, 2.05) is 19.9 Å². The summed E-state index contributed by atoms with van der Waals surface area (Å²) in [5.41, 5.74) is 1.46. The molecule has 10 heteroatoms. The Bertz CT molecular complexity index is 687.